The number of carbonyl (C=O) groups is 2. The largest absolute Gasteiger partial charge is 0.346 e. The number of amides is 2. The minimum atomic E-state index is -4.21. The van der Waals surface area contributed by atoms with Gasteiger partial charge in [-0.15, -0.1) is 4.40 Å². The predicted octanol–water partition coefficient (Wildman–Crippen LogP) is 4.39. The van der Waals surface area contributed by atoms with Crippen LogP contribution in [0.2, 0.25) is 0 Å². The second-order valence-corrected chi connectivity index (χ2v) is 9.51. The molecular weight excluding hydrogens is 428 g/mol. The van der Waals surface area contributed by atoms with Gasteiger partial charge in [0.2, 0.25) is 5.91 Å². The zero-order valence-corrected chi connectivity index (χ0v) is 19.8. The van der Waals surface area contributed by atoms with E-state index in [0.717, 1.165) is 19.3 Å². The highest BCUT2D eigenvalue weighted by atomic mass is 32.2. The van der Waals surface area contributed by atoms with Crippen molar-refractivity contribution in [3.63, 3.8) is 0 Å². The zero-order chi connectivity index (χ0) is 23.2. The number of nitrogens with zero attached hydrogens (tertiary/aromatic N) is 2. The third-order valence-electron chi connectivity index (χ3n) is 5.30. The second-order valence-electron chi connectivity index (χ2n) is 8.18. The van der Waals surface area contributed by atoms with Gasteiger partial charge in [0.1, 0.15) is 5.84 Å². The molecule has 0 saturated carbocycles. The molecule has 0 radical (unpaired) electrons. The Balaban J connectivity index is 1.63. The van der Waals surface area contributed by atoms with Crippen molar-refractivity contribution in [2.24, 2.45) is 4.40 Å². The molecule has 1 saturated heterocycles. The van der Waals surface area contributed by atoms with Gasteiger partial charge in [-0.05, 0) is 18.6 Å². The Morgan fingerprint density at radius 1 is 0.969 bits per heavy atom. The number of hydrazine groups is 1. The number of benzene rings is 1. The number of rotatable bonds is 15. The smallest absolute Gasteiger partial charge is 0.277 e. The van der Waals surface area contributed by atoms with Crippen molar-refractivity contribution in [2.45, 2.75) is 90.4 Å². The maximum Gasteiger partial charge on any atom is 0.346 e. The first kappa shape index (κ1) is 25.8. The lowest BCUT2D eigenvalue weighted by atomic mass is 10.1. The molecule has 1 aliphatic heterocycles. The Bertz CT molecular complexity index is 856. The third-order valence-corrected chi connectivity index (χ3v) is 6.25. The number of carbonyl (C=O) groups excluding carboxylic acids is 2. The van der Waals surface area contributed by atoms with E-state index in [1.54, 1.807) is 24.3 Å². The van der Waals surface area contributed by atoms with Gasteiger partial charge in [-0.1, -0.05) is 89.3 Å². The average molecular weight is 465 g/mol. The summed E-state index contributed by atoms with van der Waals surface area (Å²) >= 11 is 0. The summed E-state index contributed by atoms with van der Waals surface area (Å²) in [7, 11) is -4.21. The van der Waals surface area contributed by atoms with Crippen LogP contribution in [0.15, 0.2) is 34.7 Å². The molecule has 32 heavy (non-hydrogen) atoms. The molecule has 1 aliphatic rings. The topological polar surface area (TPSA) is 108 Å². The number of para-hydroxylation sites is 1. The van der Waals surface area contributed by atoms with Crippen LogP contribution in [0.1, 0.15) is 90.4 Å². The van der Waals surface area contributed by atoms with Gasteiger partial charge in [0.15, 0.2) is 0 Å². The summed E-state index contributed by atoms with van der Waals surface area (Å²) in [6.07, 6.45) is 12.7. The van der Waals surface area contributed by atoms with Gasteiger partial charge in [0.25, 0.3) is 5.91 Å². The van der Waals surface area contributed by atoms with E-state index < -0.39 is 16.1 Å². The van der Waals surface area contributed by atoms with Crippen LogP contribution in [0.5, 0.6) is 0 Å². The van der Waals surface area contributed by atoms with Crippen molar-refractivity contribution in [1.29, 1.82) is 0 Å². The number of anilines is 1. The number of unbranched alkanes of at least 4 members (excludes halogenated alkanes) is 10. The van der Waals surface area contributed by atoms with E-state index in [2.05, 4.69) is 16.7 Å². The third kappa shape index (κ3) is 9.80. The van der Waals surface area contributed by atoms with Crippen molar-refractivity contribution < 1.29 is 18.0 Å². The SMILES string of the molecule is CCCCCCCCCCCCCC(=O)NS(=O)(=O)N=C1CC(=O)N(c2ccccc2)N1. The molecule has 1 aromatic rings. The molecule has 2 amide bonds. The van der Waals surface area contributed by atoms with E-state index in [1.807, 2.05) is 10.8 Å². The Hall–Kier alpha value is -2.42. The summed E-state index contributed by atoms with van der Waals surface area (Å²) < 4.78 is 29.8. The standard InChI is InChI=1S/C23H36N4O4S/c1-2-3-4-5-6-7-8-9-10-11-15-18-22(28)26-32(30,31)25-21-19-23(29)27(24-21)20-16-13-12-14-17-20/h12-14,16-17H,2-11,15,18-19H2,1H3,(H,24,25)(H,26,28). The quantitative estimate of drug-likeness (QED) is 0.374. The number of nitrogens with one attached hydrogen (secondary N) is 2. The molecule has 0 spiro atoms. The molecule has 0 aromatic heterocycles. The molecule has 1 heterocycles. The zero-order valence-electron chi connectivity index (χ0n) is 19.0. The summed E-state index contributed by atoms with van der Waals surface area (Å²) in [5, 5.41) is 1.24. The van der Waals surface area contributed by atoms with E-state index in [1.165, 1.54) is 50.0 Å². The van der Waals surface area contributed by atoms with Crippen LogP contribution in [0.25, 0.3) is 0 Å². The minimum Gasteiger partial charge on any atom is -0.277 e. The lowest BCUT2D eigenvalue weighted by Crippen LogP contribution is -2.37. The molecule has 0 aliphatic carbocycles. The Kier molecular flexibility index (Phi) is 11.2. The van der Waals surface area contributed by atoms with Gasteiger partial charge in [0.05, 0.1) is 12.1 Å². The molecule has 178 valence electrons. The van der Waals surface area contributed by atoms with Crippen molar-refractivity contribution in [1.82, 2.24) is 10.1 Å². The molecule has 0 bridgehead atoms. The molecule has 0 unspecified atom stereocenters. The van der Waals surface area contributed by atoms with E-state index in [0.29, 0.717) is 12.1 Å². The molecule has 8 nitrogen and oxygen atoms in total. The van der Waals surface area contributed by atoms with Crippen LogP contribution in [0, 0.1) is 0 Å². The van der Waals surface area contributed by atoms with E-state index in [9.17, 15) is 18.0 Å². The fourth-order valence-electron chi connectivity index (χ4n) is 3.60. The maximum absolute atomic E-state index is 12.2. The Labute approximate surface area is 192 Å². The highest BCUT2D eigenvalue weighted by molar-refractivity contribution is 7.88. The van der Waals surface area contributed by atoms with Gasteiger partial charge in [-0.25, -0.2) is 9.73 Å². The molecule has 1 fully saturated rings. The lowest BCUT2D eigenvalue weighted by Gasteiger charge is -2.15. The van der Waals surface area contributed by atoms with Gasteiger partial charge in [-0.3, -0.25) is 15.0 Å². The lowest BCUT2D eigenvalue weighted by molar-refractivity contribution is -0.119. The monoisotopic (exact) mass is 464 g/mol. The Morgan fingerprint density at radius 3 is 2.12 bits per heavy atom. The summed E-state index contributed by atoms with van der Waals surface area (Å²) in [4.78, 5) is 24.1. The van der Waals surface area contributed by atoms with Crippen LogP contribution < -0.4 is 15.2 Å². The van der Waals surface area contributed by atoms with Crippen LogP contribution in [0.4, 0.5) is 5.69 Å². The fourth-order valence-corrected chi connectivity index (χ4v) is 4.44. The molecule has 0 atom stereocenters. The summed E-state index contributed by atoms with van der Waals surface area (Å²) in [5.41, 5.74) is 3.26. The first-order valence-corrected chi connectivity index (χ1v) is 13.1. The van der Waals surface area contributed by atoms with Crippen LogP contribution in [-0.4, -0.2) is 26.1 Å². The van der Waals surface area contributed by atoms with Gasteiger partial charge >= 0.3 is 10.2 Å². The molecule has 2 rings (SSSR count). The van der Waals surface area contributed by atoms with Crippen LogP contribution >= 0.6 is 0 Å². The number of hydrogen-bond donors (Lipinski definition) is 2. The van der Waals surface area contributed by atoms with Gasteiger partial charge in [-0.2, -0.15) is 8.42 Å². The first-order valence-electron chi connectivity index (χ1n) is 11.7. The highest BCUT2D eigenvalue weighted by Crippen LogP contribution is 2.17. The number of hydrogen-bond acceptors (Lipinski definition) is 4. The summed E-state index contributed by atoms with van der Waals surface area (Å²) in [5.74, 6) is -0.916. The second kappa shape index (κ2) is 13.9. The van der Waals surface area contributed by atoms with Crippen molar-refractivity contribution in [3.05, 3.63) is 30.3 Å². The molecule has 9 heteroatoms. The molecule has 2 N–H and O–H groups in total. The molecule has 1 aromatic carbocycles. The van der Waals surface area contributed by atoms with Crippen molar-refractivity contribution in [2.75, 3.05) is 5.01 Å². The fraction of sp³-hybridized carbons (Fsp3) is 0.609. The van der Waals surface area contributed by atoms with Gasteiger partial charge < -0.3 is 0 Å². The predicted molar refractivity (Wildman–Crippen MR) is 127 cm³/mol. The van der Waals surface area contributed by atoms with E-state index in [-0.39, 0.29) is 24.6 Å². The van der Waals surface area contributed by atoms with Crippen molar-refractivity contribution >= 4 is 33.5 Å². The highest BCUT2D eigenvalue weighted by Gasteiger charge is 2.28. The summed E-state index contributed by atoms with van der Waals surface area (Å²) in [6.45, 7) is 2.22. The van der Waals surface area contributed by atoms with Gasteiger partial charge in [0, 0.05) is 6.42 Å². The molecular formula is C23H36N4O4S. The minimum absolute atomic E-state index is 0.0196. The normalized spacial score (nSPS) is 15.2. The summed E-state index contributed by atoms with van der Waals surface area (Å²) in [6, 6.07) is 8.79. The van der Waals surface area contributed by atoms with Crippen LogP contribution in [0.3, 0.4) is 0 Å². The average Bonchev–Trinajstić information content (AvgIpc) is 3.11. The first-order chi connectivity index (χ1) is 15.4. The Morgan fingerprint density at radius 2 is 1.53 bits per heavy atom. The van der Waals surface area contributed by atoms with Crippen LogP contribution in [-0.2, 0) is 19.8 Å². The van der Waals surface area contributed by atoms with E-state index >= 15 is 0 Å². The van der Waals surface area contributed by atoms with E-state index in [4.69, 9.17) is 0 Å². The van der Waals surface area contributed by atoms with Crippen molar-refractivity contribution in [3.8, 4) is 0 Å². The maximum atomic E-state index is 12.2. The number of amidine groups is 1.